The molecule has 98 valence electrons. The Kier molecular flexibility index (Phi) is 4.15. The quantitative estimate of drug-likeness (QED) is 0.828. The topological polar surface area (TPSA) is 65.5 Å². The van der Waals surface area contributed by atoms with Crippen LogP contribution in [-0.4, -0.2) is 47.1 Å². The van der Waals surface area contributed by atoms with Crippen molar-refractivity contribution in [1.29, 1.82) is 0 Å². The molecular formula is C13H19N3O2. The number of nitrogens with one attached hydrogen (secondary N) is 1. The number of hydrogen-bond acceptors (Lipinski definition) is 4. The van der Waals surface area contributed by atoms with Gasteiger partial charge in [0.15, 0.2) is 0 Å². The summed E-state index contributed by atoms with van der Waals surface area (Å²) in [6.07, 6.45) is 2.60. The molecule has 2 heterocycles. The Morgan fingerprint density at radius 2 is 2.44 bits per heavy atom. The number of nitrogens with zero attached hydrogens (tertiary/aromatic N) is 2. The van der Waals surface area contributed by atoms with E-state index in [0.29, 0.717) is 5.92 Å². The third-order valence-electron chi connectivity index (χ3n) is 3.40. The number of pyridine rings is 1. The molecule has 0 spiro atoms. The van der Waals surface area contributed by atoms with Crippen molar-refractivity contribution in [1.82, 2.24) is 9.88 Å². The SMILES string of the molecule is CCN1CCC(CNc2ccc(C(=O)O)cn2)C1. The fourth-order valence-corrected chi connectivity index (χ4v) is 2.24. The highest BCUT2D eigenvalue weighted by Crippen LogP contribution is 2.16. The summed E-state index contributed by atoms with van der Waals surface area (Å²) in [5.41, 5.74) is 0.221. The van der Waals surface area contributed by atoms with Crippen LogP contribution in [0.2, 0.25) is 0 Å². The number of likely N-dealkylation sites (tertiary alicyclic amines) is 1. The molecule has 1 aliphatic heterocycles. The first-order chi connectivity index (χ1) is 8.69. The molecule has 2 rings (SSSR count). The van der Waals surface area contributed by atoms with Crippen molar-refractivity contribution in [2.45, 2.75) is 13.3 Å². The van der Waals surface area contributed by atoms with E-state index in [0.717, 1.165) is 25.5 Å². The van der Waals surface area contributed by atoms with Crippen LogP contribution in [0.15, 0.2) is 18.3 Å². The Balaban J connectivity index is 1.82. The van der Waals surface area contributed by atoms with Crippen LogP contribution in [0.25, 0.3) is 0 Å². The lowest BCUT2D eigenvalue weighted by atomic mass is 10.1. The number of aromatic nitrogens is 1. The van der Waals surface area contributed by atoms with Gasteiger partial charge in [0.2, 0.25) is 0 Å². The van der Waals surface area contributed by atoms with Gasteiger partial charge in [0, 0.05) is 19.3 Å². The predicted molar refractivity (Wildman–Crippen MR) is 69.9 cm³/mol. The van der Waals surface area contributed by atoms with E-state index in [-0.39, 0.29) is 5.56 Å². The lowest BCUT2D eigenvalue weighted by Gasteiger charge is -2.14. The molecule has 5 nitrogen and oxygen atoms in total. The number of hydrogen-bond donors (Lipinski definition) is 2. The van der Waals surface area contributed by atoms with E-state index in [4.69, 9.17) is 5.11 Å². The third kappa shape index (κ3) is 3.20. The Labute approximate surface area is 107 Å². The molecule has 1 atom stereocenters. The van der Waals surface area contributed by atoms with Crippen LogP contribution in [0.3, 0.4) is 0 Å². The van der Waals surface area contributed by atoms with Crippen LogP contribution in [0.1, 0.15) is 23.7 Å². The molecule has 2 N–H and O–H groups in total. The van der Waals surface area contributed by atoms with Crippen molar-refractivity contribution < 1.29 is 9.90 Å². The van der Waals surface area contributed by atoms with Gasteiger partial charge in [-0.1, -0.05) is 6.92 Å². The molecule has 1 saturated heterocycles. The largest absolute Gasteiger partial charge is 0.478 e. The van der Waals surface area contributed by atoms with Crippen molar-refractivity contribution in [2.24, 2.45) is 5.92 Å². The molecule has 1 fully saturated rings. The molecule has 0 aromatic carbocycles. The van der Waals surface area contributed by atoms with Gasteiger partial charge in [0.25, 0.3) is 0 Å². The highest BCUT2D eigenvalue weighted by atomic mass is 16.4. The maximum atomic E-state index is 10.7. The summed E-state index contributed by atoms with van der Waals surface area (Å²) in [5.74, 6) is 0.462. The monoisotopic (exact) mass is 249 g/mol. The fourth-order valence-electron chi connectivity index (χ4n) is 2.24. The average Bonchev–Trinajstić information content (AvgIpc) is 2.85. The van der Waals surface area contributed by atoms with Gasteiger partial charge < -0.3 is 15.3 Å². The summed E-state index contributed by atoms with van der Waals surface area (Å²) < 4.78 is 0. The van der Waals surface area contributed by atoms with Crippen LogP contribution in [0.4, 0.5) is 5.82 Å². The summed E-state index contributed by atoms with van der Waals surface area (Å²) in [7, 11) is 0. The average molecular weight is 249 g/mol. The molecule has 0 radical (unpaired) electrons. The molecular weight excluding hydrogens is 230 g/mol. The first kappa shape index (κ1) is 12.8. The Morgan fingerprint density at radius 3 is 3.00 bits per heavy atom. The van der Waals surface area contributed by atoms with Gasteiger partial charge in [-0.05, 0) is 37.6 Å². The van der Waals surface area contributed by atoms with Gasteiger partial charge in [-0.15, -0.1) is 0 Å². The second-order valence-electron chi connectivity index (χ2n) is 4.67. The summed E-state index contributed by atoms with van der Waals surface area (Å²) in [6, 6.07) is 3.29. The lowest BCUT2D eigenvalue weighted by molar-refractivity contribution is 0.0696. The molecule has 18 heavy (non-hydrogen) atoms. The summed E-state index contributed by atoms with van der Waals surface area (Å²) in [4.78, 5) is 17.2. The molecule has 0 amide bonds. The van der Waals surface area contributed by atoms with Crippen LogP contribution in [-0.2, 0) is 0 Å². The van der Waals surface area contributed by atoms with Crippen molar-refractivity contribution in [3.8, 4) is 0 Å². The van der Waals surface area contributed by atoms with Gasteiger partial charge >= 0.3 is 5.97 Å². The van der Waals surface area contributed by atoms with Gasteiger partial charge in [-0.2, -0.15) is 0 Å². The first-order valence-electron chi connectivity index (χ1n) is 6.34. The van der Waals surface area contributed by atoms with E-state index in [2.05, 4.69) is 22.1 Å². The van der Waals surface area contributed by atoms with E-state index in [1.165, 1.54) is 19.2 Å². The van der Waals surface area contributed by atoms with Crippen molar-refractivity contribution in [3.63, 3.8) is 0 Å². The number of rotatable bonds is 5. The zero-order valence-corrected chi connectivity index (χ0v) is 10.6. The lowest BCUT2D eigenvalue weighted by Crippen LogP contribution is -2.22. The minimum absolute atomic E-state index is 0.221. The molecule has 1 aromatic rings. The molecule has 1 unspecified atom stereocenters. The Hall–Kier alpha value is -1.62. The molecule has 1 aliphatic rings. The molecule has 1 aromatic heterocycles. The van der Waals surface area contributed by atoms with Gasteiger partial charge in [0.1, 0.15) is 5.82 Å². The zero-order valence-electron chi connectivity index (χ0n) is 10.6. The highest BCUT2D eigenvalue weighted by Gasteiger charge is 2.20. The van der Waals surface area contributed by atoms with Crippen LogP contribution < -0.4 is 5.32 Å². The maximum absolute atomic E-state index is 10.7. The van der Waals surface area contributed by atoms with Crippen molar-refractivity contribution in [3.05, 3.63) is 23.9 Å². The van der Waals surface area contributed by atoms with Crippen LogP contribution in [0, 0.1) is 5.92 Å². The number of carbonyl (C=O) groups is 1. The van der Waals surface area contributed by atoms with Crippen LogP contribution >= 0.6 is 0 Å². The number of carboxylic acid groups (broad SMARTS) is 1. The number of carboxylic acids is 1. The standard InChI is InChI=1S/C13H19N3O2/c1-2-16-6-5-10(9-16)7-14-12-4-3-11(8-15-12)13(17)18/h3-4,8,10H,2,5-7,9H2,1H3,(H,14,15)(H,17,18). The molecule has 0 saturated carbocycles. The smallest absolute Gasteiger partial charge is 0.337 e. The second kappa shape index (κ2) is 5.82. The van der Waals surface area contributed by atoms with Gasteiger partial charge in [-0.25, -0.2) is 9.78 Å². The van der Waals surface area contributed by atoms with Gasteiger partial charge in [0.05, 0.1) is 5.56 Å². The highest BCUT2D eigenvalue weighted by molar-refractivity contribution is 5.87. The minimum atomic E-state index is -0.941. The summed E-state index contributed by atoms with van der Waals surface area (Å²) in [5, 5.41) is 12.0. The number of anilines is 1. The summed E-state index contributed by atoms with van der Waals surface area (Å²) in [6.45, 7) is 6.50. The van der Waals surface area contributed by atoms with E-state index < -0.39 is 5.97 Å². The Bertz CT molecular complexity index is 405. The Morgan fingerprint density at radius 1 is 1.61 bits per heavy atom. The van der Waals surface area contributed by atoms with Gasteiger partial charge in [-0.3, -0.25) is 0 Å². The maximum Gasteiger partial charge on any atom is 0.337 e. The third-order valence-corrected chi connectivity index (χ3v) is 3.40. The fraction of sp³-hybridized carbons (Fsp3) is 0.538. The minimum Gasteiger partial charge on any atom is -0.478 e. The molecule has 0 aliphatic carbocycles. The van der Waals surface area contributed by atoms with Crippen LogP contribution in [0.5, 0.6) is 0 Å². The van der Waals surface area contributed by atoms with E-state index in [1.54, 1.807) is 12.1 Å². The van der Waals surface area contributed by atoms with Crippen molar-refractivity contribution in [2.75, 3.05) is 31.5 Å². The van der Waals surface area contributed by atoms with E-state index in [9.17, 15) is 4.79 Å². The second-order valence-corrected chi connectivity index (χ2v) is 4.67. The first-order valence-corrected chi connectivity index (χ1v) is 6.34. The normalized spacial score (nSPS) is 19.9. The number of aromatic carboxylic acids is 1. The molecule has 0 bridgehead atoms. The van der Waals surface area contributed by atoms with Crippen molar-refractivity contribution >= 4 is 11.8 Å². The summed E-state index contributed by atoms with van der Waals surface area (Å²) >= 11 is 0. The zero-order chi connectivity index (χ0) is 13.0. The van der Waals surface area contributed by atoms with E-state index in [1.807, 2.05) is 0 Å². The van der Waals surface area contributed by atoms with E-state index >= 15 is 0 Å². The molecule has 5 heteroatoms. The predicted octanol–water partition coefficient (Wildman–Crippen LogP) is 1.53.